The molecule has 30 heavy (non-hydrogen) atoms. The van der Waals surface area contributed by atoms with Crippen LogP contribution >= 0.6 is 0 Å². The van der Waals surface area contributed by atoms with E-state index >= 15 is 0 Å². The molecule has 1 saturated heterocycles. The molecule has 1 saturated carbocycles. The van der Waals surface area contributed by atoms with E-state index < -0.39 is 11.6 Å². The molecule has 0 bridgehead atoms. The highest BCUT2D eigenvalue weighted by Crippen LogP contribution is 2.37. The normalized spacial score (nSPS) is 25.0. The maximum atomic E-state index is 13.1. The molecule has 2 fully saturated rings. The summed E-state index contributed by atoms with van der Waals surface area (Å²) in [6.07, 6.45) is 4.24. The Morgan fingerprint density at radius 1 is 1.20 bits per heavy atom. The van der Waals surface area contributed by atoms with E-state index in [4.69, 9.17) is 9.47 Å². The van der Waals surface area contributed by atoms with Crippen LogP contribution in [0.5, 0.6) is 11.5 Å². The first-order valence-electron chi connectivity index (χ1n) is 10.8. The molecular weight excluding hydrogens is 386 g/mol. The molecule has 2 aliphatic heterocycles. The second-order valence-electron chi connectivity index (χ2n) is 8.35. The first-order valence-corrected chi connectivity index (χ1v) is 10.8. The number of hydrogen-bond acceptors (Lipinski definition) is 5. The van der Waals surface area contributed by atoms with Gasteiger partial charge in [0.15, 0.2) is 11.5 Å². The molecule has 4 rings (SSSR count). The molecule has 2 heterocycles. The van der Waals surface area contributed by atoms with Crippen LogP contribution in [0, 0.1) is 5.92 Å². The van der Waals surface area contributed by atoms with Crippen molar-refractivity contribution in [3.8, 4) is 11.5 Å². The van der Waals surface area contributed by atoms with Gasteiger partial charge in [0.1, 0.15) is 12.1 Å². The van der Waals surface area contributed by atoms with E-state index in [0.717, 1.165) is 29.7 Å². The number of benzene rings is 1. The van der Waals surface area contributed by atoms with Gasteiger partial charge < -0.3 is 19.7 Å². The molecule has 1 aromatic carbocycles. The lowest BCUT2D eigenvalue weighted by molar-refractivity contribution is -0.140. The largest absolute Gasteiger partial charge is 0.454 e. The molecule has 3 aliphatic rings. The summed E-state index contributed by atoms with van der Waals surface area (Å²) in [5.74, 6) is 1.45. The average molecular weight is 415 g/mol. The summed E-state index contributed by atoms with van der Waals surface area (Å²) in [5.41, 5.74) is 0.0817. The van der Waals surface area contributed by atoms with E-state index in [9.17, 15) is 14.4 Å². The molecule has 1 aromatic rings. The number of hydrogen-bond donors (Lipinski definition) is 1. The van der Waals surface area contributed by atoms with E-state index in [1.54, 1.807) is 4.90 Å². The van der Waals surface area contributed by atoms with Gasteiger partial charge in [-0.05, 0) is 56.2 Å². The maximum absolute atomic E-state index is 13.1. The van der Waals surface area contributed by atoms with E-state index in [2.05, 4.69) is 12.2 Å². The van der Waals surface area contributed by atoms with Crippen molar-refractivity contribution in [1.29, 1.82) is 0 Å². The number of amides is 4. The molecular formula is C22H29N3O5. The Labute approximate surface area is 176 Å². The van der Waals surface area contributed by atoms with Gasteiger partial charge in [-0.2, -0.15) is 0 Å². The summed E-state index contributed by atoms with van der Waals surface area (Å²) >= 11 is 0. The van der Waals surface area contributed by atoms with Crippen LogP contribution in [0.2, 0.25) is 0 Å². The smallest absolute Gasteiger partial charge is 0.325 e. The van der Waals surface area contributed by atoms with Crippen molar-refractivity contribution in [1.82, 2.24) is 15.1 Å². The van der Waals surface area contributed by atoms with Gasteiger partial charge in [-0.15, -0.1) is 0 Å². The third-order valence-electron chi connectivity index (χ3n) is 6.62. The van der Waals surface area contributed by atoms with Gasteiger partial charge in [0.05, 0.1) is 0 Å². The number of ether oxygens (including phenoxy) is 2. The van der Waals surface area contributed by atoms with Crippen molar-refractivity contribution in [3.05, 3.63) is 23.8 Å². The third-order valence-corrected chi connectivity index (χ3v) is 6.62. The lowest BCUT2D eigenvalue weighted by atomic mass is 9.75. The van der Waals surface area contributed by atoms with Crippen molar-refractivity contribution < 1.29 is 23.9 Å². The van der Waals surface area contributed by atoms with Gasteiger partial charge in [0.25, 0.3) is 5.91 Å². The number of likely N-dealkylation sites (N-methyl/N-ethyl adjacent to an activating group) is 1. The fraction of sp³-hybridized carbons (Fsp3) is 0.591. The van der Waals surface area contributed by atoms with Crippen LogP contribution in [0.1, 0.15) is 51.5 Å². The Morgan fingerprint density at radius 2 is 1.93 bits per heavy atom. The predicted octanol–water partition coefficient (Wildman–Crippen LogP) is 2.65. The first-order chi connectivity index (χ1) is 14.5. The molecule has 0 radical (unpaired) electrons. The van der Waals surface area contributed by atoms with Gasteiger partial charge in [0, 0.05) is 13.1 Å². The van der Waals surface area contributed by atoms with Gasteiger partial charge >= 0.3 is 6.03 Å². The molecule has 4 amide bonds. The van der Waals surface area contributed by atoms with Crippen molar-refractivity contribution in [2.45, 2.75) is 58.0 Å². The molecule has 1 spiro atoms. The van der Waals surface area contributed by atoms with E-state index in [0.29, 0.717) is 43.3 Å². The van der Waals surface area contributed by atoms with Crippen LogP contribution in [0.3, 0.4) is 0 Å². The van der Waals surface area contributed by atoms with E-state index in [1.807, 2.05) is 25.1 Å². The summed E-state index contributed by atoms with van der Waals surface area (Å²) in [5, 5.41) is 2.89. The second-order valence-corrected chi connectivity index (χ2v) is 8.35. The minimum Gasteiger partial charge on any atom is -0.454 e. The lowest BCUT2D eigenvalue weighted by Crippen LogP contribution is -2.50. The second kappa shape index (κ2) is 8.16. The fourth-order valence-corrected chi connectivity index (χ4v) is 4.61. The lowest BCUT2D eigenvalue weighted by Gasteiger charge is -2.34. The van der Waals surface area contributed by atoms with Crippen LogP contribution in [0.15, 0.2) is 18.2 Å². The number of carbonyl (C=O) groups excluding carboxylic acids is 3. The summed E-state index contributed by atoms with van der Waals surface area (Å²) in [7, 11) is 0. The van der Waals surface area contributed by atoms with Crippen LogP contribution in [0.25, 0.3) is 0 Å². The van der Waals surface area contributed by atoms with Crippen molar-refractivity contribution in [3.63, 3.8) is 0 Å². The van der Waals surface area contributed by atoms with Gasteiger partial charge in [0.2, 0.25) is 12.7 Å². The van der Waals surface area contributed by atoms with E-state index in [1.165, 1.54) is 0 Å². The van der Waals surface area contributed by atoms with E-state index in [-0.39, 0.29) is 25.2 Å². The summed E-state index contributed by atoms with van der Waals surface area (Å²) in [6.45, 7) is 4.84. The summed E-state index contributed by atoms with van der Waals surface area (Å²) in [6, 6.07) is 5.11. The average Bonchev–Trinajstić information content (AvgIpc) is 3.31. The molecule has 0 aromatic heterocycles. The molecule has 8 heteroatoms. The van der Waals surface area contributed by atoms with Crippen LogP contribution in [-0.4, -0.2) is 53.1 Å². The van der Waals surface area contributed by atoms with Crippen LogP contribution < -0.4 is 14.8 Å². The Bertz CT molecular complexity index is 847. The molecule has 0 unspecified atom stereocenters. The minimum absolute atomic E-state index is 0.197. The SMILES string of the molecule is CCC1CCC2(CC1)NC(=O)N(CC(=O)N(CC)Cc1ccc3c(c1)OCO3)C2=O. The van der Waals surface area contributed by atoms with Crippen molar-refractivity contribution in [2.24, 2.45) is 5.92 Å². The maximum Gasteiger partial charge on any atom is 0.325 e. The monoisotopic (exact) mass is 415 g/mol. The highest BCUT2D eigenvalue weighted by atomic mass is 16.7. The first kappa shape index (κ1) is 20.5. The topological polar surface area (TPSA) is 88.2 Å². The van der Waals surface area contributed by atoms with Gasteiger partial charge in [-0.25, -0.2) is 4.79 Å². The van der Waals surface area contributed by atoms with Crippen LogP contribution in [-0.2, 0) is 16.1 Å². The Balaban J connectivity index is 1.40. The van der Waals surface area contributed by atoms with Crippen LogP contribution in [0.4, 0.5) is 4.79 Å². The zero-order chi connectivity index (χ0) is 21.3. The molecule has 8 nitrogen and oxygen atoms in total. The zero-order valence-electron chi connectivity index (χ0n) is 17.6. The van der Waals surface area contributed by atoms with Gasteiger partial charge in [-0.1, -0.05) is 19.4 Å². The fourth-order valence-electron chi connectivity index (χ4n) is 4.61. The molecule has 1 N–H and O–H groups in total. The Kier molecular flexibility index (Phi) is 5.58. The minimum atomic E-state index is -0.822. The number of carbonyl (C=O) groups is 3. The number of fused-ring (bicyclic) bond motifs is 1. The summed E-state index contributed by atoms with van der Waals surface area (Å²) < 4.78 is 10.7. The van der Waals surface area contributed by atoms with Crippen molar-refractivity contribution >= 4 is 17.8 Å². The number of nitrogens with zero attached hydrogens (tertiary/aromatic N) is 2. The molecule has 0 atom stereocenters. The number of urea groups is 1. The summed E-state index contributed by atoms with van der Waals surface area (Å²) in [4.78, 5) is 41.3. The standard InChI is InChI=1S/C22H29N3O5/c1-3-15-7-9-22(10-8-15)20(27)25(21(28)23-22)13-19(26)24(4-2)12-16-5-6-17-18(11-16)30-14-29-17/h5-6,11,15H,3-4,7-10,12-14H2,1-2H3,(H,23,28). The highest BCUT2D eigenvalue weighted by molar-refractivity contribution is 6.09. The van der Waals surface area contributed by atoms with Crippen molar-refractivity contribution in [2.75, 3.05) is 19.9 Å². The molecule has 1 aliphatic carbocycles. The Hall–Kier alpha value is -2.77. The van der Waals surface area contributed by atoms with Gasteiger partial charge in [-0.3, -0.25) is 14.5 Å². The predicted molar refractivity (Wildman–Crippen MR) is 109 cm³/mol. The number of rotatable bonds is 6. The highest BCUT2D eigenvalue weighted by Gasteiger charge is 2.52. The third kappa shape index (κ3) is 3.70. The zero-order valence-corrected chi connectivity index (χ0v) is 17.6. The quantitative estimate of drug-likeness (QED) is 0.722. The molecule has 162 valence electrons. The number of imide groups is 1. The number of nitrogens with one attached hydrogen (secondary N) is 1. The Morgan fingerprint density at radius 3 is 2.63 bits per heavy atom.